The minimum absolute atomic E-state index is 0.294. The number of carbonyl (C=O) groups is 1. The first-order valence-electron chi connectivity index (χ1n) is 7.95. The molecule has 1 nitrogen and oxygen atoms in total. The first-order chi connectivity index (χ1) is 9.45. The van der Waals surface area contributed by atoms with Crippen molar-refractivity contribution in [3.63, 3.8) is 0 Å². The SMILES string of the molecule is O=C(c1ccccc1)[C]12[CH]3[CH]4[CH]5[C]1(F)[Fe]45321678[CH]2[CH]1[CH]6[CH]7[CH]28. The predicted octanol–water partition coefficient (Wildman–Crippen LogP) is 4.51. The summed E-state index contributed by atoms with van der Waals surface area (Å²) in [6, 6.07) is 9.74. The Bertz CT molecular complexity index is 1240. The standard InChI is InChI=1S/C12H8FO.C5H5.Fe/c13-11-8-4-7-10(11)12(14)9-5-2-1-3-6-9;1-2-4-5-3-1;/h1-8H;1-5H;. The van der Waals surface area contributed by atoms with Crippen molar-refractivity contribution in [2.75, 3.05) is 0 Å². The number of rotatable bonds is 2. The zero-order chi connectivity index (χ0) is 12.6. The zero-order valence-corrected chi connectivity index (χ0v) is 11.7. The van der Waals surface area contributed by atoms with Crippen molar-refractivity contribution in [3.05, 3.63) is 35.9 Å². The molecule has 1 spiro atoms. The summed E-state index contributed by atoms with van der Waals surface area (Å²) in [6.07, 6.45) is 0. The Balaban J connectivity index is 1.47. The van der Waals surface area contributed by atoms with E-state index in [1.54, 1.807) is 0 Å². The van der Waals surface area contributed by atoms with Crippen molar-refractivity contribution in [2.45, 2.75) is 47.4 Å². The normalized spacial score (nSPS) is 106. The van der Waals surface area contributed by atoms with Gasteiger partial charge in [0.05, 0.1) is 0 Å². The van der Waals surface area contributed by atoms with Gasteiger partial charge in [-0.2, -0.15) is 0 Å². The maximum atomic E-state index is 16.3. The van der Waals surface area contributed by atoms with Crippen LogP contribution in [0, 0.1) is 0 Å². The summed E-state index contributed by atoms with van der Waals surface area (Å²) in [6.45, 7) is -4.02. The van der Waals surface area contributed by atoms with E-state index in [4.69, 9.17) is 0 Å². The van der Waals surface area contributed by atoms with Gasteiger partial charge in [-0.25, -0.2) is 0 Å². The molecule has 0 amide bonds. The van der Waals surface area contributed by atoms with Gasteiger partial charge in [-0.15, -0.1) is 0 Å². The molecule has 10 aliphatic rings. The van der Waals surface area contributed by atoms with Crippen LogP contribution in [0.15, 0.2) is 30.3 Å². The first-order valence-corrected chi connectivity index (χ1v) is 14.2. The van der Waals surface area contributed by atoms with Gasteiger partial charge in [-0.1, -0.05) is 0 Å². The van der Waals surface area contributed by atoms with Crippen LogP contribution in [0.25, 0.3) is 0 Å². The van der Waals surface area contributed by atoms with Crippen molar-refractivity contribution < 1.29 is 15.7 Å². The Hall–Kier alpha value is -0.661. The fourth-order valence-corrected chi connectivity index (χ4v) is 90.5. The summed E-state index contributed by atoms with van der Waals surface area (Å²) >= 11 is 0. The zero-order valence-electron chi connectivity index (χ0n) is 10.6. The second-order valence-electron chi connectivity index (χ2n) is 11.4. The molecule has 102 valence electrons. The van der Waals surface area contributed by atoms with Crippen LogP contribution in [0.1, 0.15) is 10.4 Å². The Morgan fingerprint density at radius 2 is 1.55 bits per heavy atom. The van der Waals surface area contributed by atoms with Crippen molar-refractivity contribution >= 4 is 5.78 Å². The average Bonchev–Trinajstić information content (AvgIpc) is 3.42. The van der Waals surface area contributed by atoms with Crippen LogP contribution in [-0.2, 0) is 6.51 Å². The average molecular weight is 308 g/mol. The van der Waals surface area contributed by atoms with Crippen LogP contribution in [0.4, 0.5) is 4.39 Å². The van der Waals surface area contributed by atoms with Gasteiger partial charge in [0, 0.05) is 0 Å². The third-order valence-electron chi connectivity index (χ3n) is 16.1. The van der Waals surface area contributed by atoms with E-state index >= 15 is 4.39 Å². The Labute approximate surface area is 105 Å². The molecule has 10 fully saturated rings. The molecule has 11 rings (SSSR count). The number of hydrogen-bond acceptors (Lipinski definition) is 1. The van der Waals surface area contributed by atoms with Gasteiger partial charge < -0.3 is 0 Å². The van der Waals surface area contributed by atoms with E-state index in [1.165, 1.54) is 0 Å². The Kier molecular flexibility index (Phi) is 0.250. The molecule has 0 aliphatic carbocycles. The van der Waals surface area contributed by atoms with E-state index in [9.17, 15) is 4.79 Å². The number of halogens is 1. The van der Waals surface area contributed by atoms with Gasteiger partial charge in [0.25, 0.3) is 0 Å². The Morgan fingerprint density at radius 1 is 0.950 bits per heavy atom. The van der Waals surface area contributed by atoms with Crippen LogP contribution in [0.5, 0.6) is 0 Å². The molecule has 5 unspecified atom stereocenters. The molecule has 0 bridgehead atoms. The molecular formula is C17H13FFeO. The summed E-state index contributed by atoms with van der Waals surface area (Å²) in [4.78, 5) is 19.8. The van der Waals surface area contributed by atoms with E-state index in [1.807, 2.05) is 30.3 Å². The van der Waals surface area contributed by atoms with Gasteiger partial charge in [-0.3, -0.25) is 0 Å². The van der Waals surface area contributed by atoms with Crippen molar-refractivity contribution in [1.29, 1.82) is 0 Å². The molecule has 1 aromatic rings. The van der Waals surface area contributed by atoms with Crippen LogP contribution < -0.4 is 0 Å². The van der Waals surface area contributed by atoms with E-state index in [-0.39, 0.29) is 4.31 Å². The van der Waals surface area contributed by atoms with E-state index < -0.39 is 11.1 Å². The number of hydrogen-bond donors (Lipinski definition) is 0. The molecule has 1 aromatic carbocycles. The number of carbonyl (C=O) groups excluding carboxylic acids is 1. The van der Waals surface area contributed by atoms with E-state index in [0.717, 1.165) is 34.5 Å². The monoisotopic (exact) mass is 308 g/mol. The molecule has 0 radical (unpaired) electrons. The maximum absolute atomic E-state index is 16.3. The molecule has 10 aliphatic heterocycles. The molecule has 0 N–H and O–H groups in total. The predicted molar refractivity (Wildman–Crippen MR) is 67.3 cm³/mol. The third kappa shape index (κ3) is 0.0775. The van der Waals surface area contributed by atoms with Crippen LogP contribution in [0.2, 0.25) is 42.8 Å². The summed E-state index contributed by atoms with van der Waals surface area (Å²) in [5, 5.41) is 0. The number of Topliss-reactive ketones (excluding diaryl/α,β-unsaturated/α-hetero) is 1. The fourth-order valence-electron chi connectivity index (χ4n) is 17.7. The van der Waals surface area contributed by atoms with Crippen LogP contribution >= 0.6 is 0 Å². The molecule has 10 saturated heterocycles. The van der Waals surface area contributed by atoms with Gasteiger partial charge in [0.1, 0.15) is 0 Å². The first kappa shape index (κ1) is 7.56. The molecule has 3 heteroatoms. The quantitative estimate of drug-likeness (QED) is 0.580. The third-order valence-corrected chi connectivity index (χ3v) is 58.1. The van der Waals surface area contributed by atoms with E-state index in [0.29, 0.717) is 15.4 Å². The molecule has 5 atom stereocenters. The van der Waals surface area contributed by atoms with E-state index in [2.05, 4.69) is 0 Å². The molecule has 10 heterocycles. The summed E-state index contributed by atoms with van der Waals surface area (Å²) in [5.41, 5.74) is 0.831. The van der Waals surface area contributed by atoms with Crippen LogP contribution in [0.3, 0.4) is 0 Å². The molecule has 0 saturated carbocycles. The molecular weight excluding hydrogens is 295 g/mol. The molecule has 0 aromatic heterocycles. The topological polar surface area (TPSA) is 17.1 Å². The number of benzene rings is 1. The summed E-state index contributed by atoms with van der Waals surface area (Å²) < 4.78 is 15.2. The van der Waals surface area contributed by atoms with Crippen molar-refractivity contribution in [2.24, 2.45) is 0 Å². The second kappa shape index (κ2) is 0.661. The fraction of sp³-hybridized carbons (Fsp3) is 0.588. The van der Waals surface area contributed by atoms with Gasteiger partial charge in [0.2, 0.25) is 0 Å². The number of fused-ring (bicyclic) bond motifs is 10. The Morgan fingerprint density at radius 3 is 1.90 bits per heavy atom. The van der Waals surface area contributed by atoms with Crippen LogP contribution in [-0.4, -0.2) is 10.4 Å². The minimum atomic E-state index is -4.02. The summed E-state index contributed by atoms with van der Waals surface area (Å²) in [7, 11) is 0. The number of alkyl halides is 1. The second-order valence-corrected chi connectivity index (χ2v) is 34.5. The van der Waals surface area contributed by atoms with Crippen molar-refractivity contribution in [3.8, 4) is 0 Å². The van der Waals surface area contributed by atoms with Gasteiger partial charge >= 0.3 is 105 Å². The van der Waals surface area contributed by atoms with Gasteiger partial charge in [-0.05, 0) is 0 Å². The van der Waals surface area contributed by atoms with Crippen molar-refractivity contribution in [1.82, 2.24) is 0 Å². The number of ketones is 1. The molecule has 20 heavy (non-hydrogen) atoms. The van der Waals surface area contributed by atoms with Gasteiger partial charge in [0.15, 0.2) is 0 Å². The summed E-state index contributed by atoms with van der Waals surface area (Å²) in [5.74, 6) is 0.294.